The highest BCUT2D eigenvalue weighted by Crippen LogP contribution is 2.12. The molecule has 2 aliphatic heterocycles. The number of piperidine rings is 1. The lowest BCUT2D eigenvalue weighted by Gasteiger charge is -2.32. The summed E-state index contributed by atoms with van der Waals surface area (Å²) < 4.78 is 22.7. The molecule has 0 aromatic carbocycles. The maximum atomic E-state index is 11.3. The zero-order chi connectivity index (χ0) is 11.8. The molecule has 0 saturated carbocycles. The average Bonchev–Trinajstić information content (AvgIpc) is 2.59. The van der Waals surface area contributed by atoms with Crippen molar-refractivity contribution in [1.82, 2.24) is 0 Å². The van der Waals surface area contributed by atoms with Crippen LogP contribution >= 0.6 is 0 Å². The topological polar surface area (TPSA) is 78.7 Å². The van der Waals surface area contributed by atoms with Crippen molar-refractivity contribution in [2.45, 2.75) is 25.3 Å². The van der Waals surface area contributed by atoms with Gasteiger partial charge in [-0.2, -0.15) is 0 Å². The Kier molecular flexibility index (Phi) is 3.21. The molecule has 0 amide bonds. The average molecular weight is 247 g/mol. The summed E-state index contributed by atoms with van der Waals surface area (Å²) in [6.07, 6.45) is 1.97. The number of nitrogens with one attached hydrogen (secondary N) is 1. The highest BCUT2D eigenvalue weighted by Gasteiger charge is 2.37. The molecule has 5 nitrogen and oxygen atoms in total. The van der Waals surface area contributed by atoms with Gasteiger partial charge in [0, 0.05) is 31.1 Å². The maximum Gasteiger partial charge on any atom is 0.156 e. The highest BCUT2D eigenvalue weighted by atomic mass is 32.2. The van der Waals surface area contributed by atoms with Crippen molar-refractivity contribution in [1.29, 1.82) is 0 Å². The van der Waals surface area contributed by atoms with Crippen LogP contribution in [0.2, 0.25) is 0 Å². The number of hydrogen-bond acceptors (Lipinski definition) is 4. The standard InChI is InChI=1S/C10H17NO4S/c12-10(13)8-1-4-11(5-2-8)9-3-6-16(14,15)7-9/h8-9H,1-7H2,(H,12,13)/t9-/m1/s1. The molecule has 2 saturated heterocycles. The van der Waals surface area contributed by atoms with Crippen molar-refractivity contribution in [3.05, 3.63) is 0 Å². The molecule has 1 N–H and O–H groups in total. The Hall–Kier alpha value is -0.620. The van der Waals surface area contributed by atoms with Gasteiger partial charge in [-0.3, -0.25) is 0 Å². The van der Waals surface area contributed by atoms with Gasteiger partial charge in [0.25, 0.3) is 0 Å². The SMILES string of the molecule is O=C([O-])C1CC[NH+]([C@@H]2CCS(=O)(=O)C2)CC1. The summed E-state index contributed by atoms with van der Waals surface area (Å²) in [5.74, 6) is -0.719. The zero-order valence-electron chi connectivity index (χ0n) is 9.15. The van der Waals surface area contributed by atoms with Crippen LogP contribution in [0.25, 0.3) is 0 Å². The molecule has 2 heterocycles. The quantitative estimate of drug-likeness (QED) is 0.572. The second-order valence-electron chi connectivity index (χ2n) is 4.85. The molecule has 6 heteroatoms. The molecule has 0 unspecified atom stereocenters. The van der Waals surface area contributed by atoms with Crippen molar-refractivity contribution in [2.75, 3.05) is 24.6 Å². The van der Waals surface area contributed by atoms with Crippen LogP contribution in [0.1, 0.15) is 19.3 Å². The predicted molar refractivity (Wildman–Crippen MR) is 55.5 cm³/mol. The number of sulfone groups is 1. The molecule has 0 radical (unpaired) electrons. The molecular formula is C10H17NO4S. The normalized spacial score (nSPS) is 38.4. The monoisotopic (exact) mass is 247 g/mol. The van der Waals surface area contributed by atoms with Crippen molar-refractivity contribution in [3.8, 4) is 0 Å². The minimum Gasteiger partial charge on any atom is -0.550 e. The van der Waals surface area contributed by atoms with Gasteiger partial charge in [0.15, 0.2) is 9.84 Å². The van der Waals surface area contributed by atoms with Crippen molar-refractivity contribution >= 4 is 15.8 Å². The minimum atomic E-state index is -2.82. The smallest absolute Gasteiger partial charge is 0.156 e. The summed E-state index contributed by atoms with van der Waals surface area (Å²) in [5, 5.41) is 10.7. The molecule has 0 aliphatic carbocycles. The number of quaternary nitrogens is 1. The molecule has 92 valence electrons. The molecule has 2 aliphatic rings. The number of carboxylic acid groups (broad SMARTS) is 1. The Labute approximate surface area is 95.4 Å². The number of likely N-dealkylation sites (tertiary alicyclic amines) is 1. The lowest BCUT2D eigenvalue weighted by Crippen LogP contribution is -3.17. The van der Waals surface area contributed by atoms with E-state index in [1.807, 2.05) is 0 Å². The number of hydrogen-bond donors (Lipinski definition) is 1. The van der Waals surface area contributed by atoms with Gasteiger partial charge in [0.1, 0.15) is 11.8 Å². The van der Waals surface area contributed by atoms with Crippen molar-refractivity contribution < 1.29 is 23.2 Å². The second-order valence-corrected chi connectivity index (χ2v) is 7.08. The molecule has 0 aromatic rings. The van der Waals surface area contributed by atoms with E-state index in [2.05, 4.69) is 0 Å². The van der Waals surface area contributed by atoms with Crippen LogP contribution in [-0.2, 0) is 14.6 Å². The van der Waals surface area contributed by atoms with Gasteiger partial charge >= 0.3 is 0 Å². The Morgan fingerprint density at radius 3 is 2.25 bits per heavy atom. The van der Waals surface area contributed by atoms with E-state index in [-0.39, 0.29) is 17.7 Å². The van der Waals surface area contributed by atoms with Gasteiger partial charge in [0.05, 0.1) is 18.8 Å². The van der Waals surface area contributed by atoms with E-state index in [1.54, 1.807) is 0 Å². The van der Waals surface area contributed by atoms with E-state index >= 15 is 0 Å². The molecular weight excluding hydrogens is 230 g/mol. The number of rotatable bonds is 2. The Morgan fingerprint density at radius 2 is 1.81 bits per heavy atom. The van der Waals surface area contributed by atoms with E-state index < -0.39 is 15.8 Å². The number of carbonyl (C=O) groups excluding carboxylic acids is 1. The van der Waals surface area contributed by atoms with Gasteiger partial charge in [-0.15, -0.1) is 0 Å². The van der Waals surface area contributed by atoms with Crippen LogP contribution in [0.4, 0.5) is 0 Å². The summed E-state index contributed by atoms with van der Waals surface area (Å²) in [7, 11) is -2.82. The molecule has 2 rings (SSSR count). The van der Waals surface area contributed by atoms with Gasteiger partial charge in [-0.25, -0.2) is 8.42 Å². The third-order valence-corrected chi connectivity index (χ3v) is 5.54. The molecule has 16 heavy (non-hydrogen) atoms. The first-order valence-electron chi connectivity index (χ1n) is 5.74. The largest absolute Gasteiger partial charge is 0.550 e. The van der Waals surface area contributed by atoms with Crippen molar-refractivity contribution in [3.63, 3.8) is 0 Å². The van der Waals surface area contributed by atoms with Gasteiger partial charge < -0.3 is 14.8 Å². The third-order valence-electron chi connectivity index (χ3n) is 3.77. The lowest BCUT2D eigenvalue weighted by atomic mass is 9.96. The van der Waals surface area contributed by atoms with E-state index in [4.69, 9.17) is 0 Å². The zero-order valence-corrected chi connectivity index (χ0v) is 9.96. The molecule has 0 spiro atoms. The minimum absolute atomic E-state index is 0.188. The highest BCUT2D eigenvalue weighted by molar-refractivity contribution is 7.91. The number of carbonyl (C=O) groups is 1. The number of carboxylic acids is 1. The Morgan fingerprint density at radius 1 is 1.19 bits per heavy atom. The maximum absolute atomic E-state index is 11.3. The molecule has 0 bridgehead atoms. The van der Waals surface area contributed by atoms with Gasteiger partial charge in [0.2, 0.25) is 0 Å². The first kappa shape index (κ1) is 11.9. The van der Waals surface area contributed by atoms with Crippen LogP contribution in [0.3, 0.4) is 0 Å². The van der Waals surface area contributed by atoms with E-state index in [1.165, 1.54) is 4.90 Å². The molecule has 0 aromatic heterocycles. The summed E-state index contributed by atoms with van der Waals surface area (Å²) in [4.78, 5) is 11.9. The Balaban J connectivity index is 1.88. The fraction of sp³-hybridized carbons (Fsp3) is 0.900. The second kappa shape index (κ2) is 4.33. The van der Waals surface area contributed by atoms with E-state index in [9.17, 15) is 18.3 Å². The fourth-order valence-electron chi connectivity index (χ4n) is 2.75. The number of aliphatic carboxylic acids is 1. The summed E-state index contributed by atoms with van der Waals surface area (Å²) in [6.45, 7) is 1.53. The van der Waals surface area contributed by atoms with Crippen LogP contribution < -0.4 is 10.0 Å². The van der Waals surface area contributed by atoms with Crippen LogP contribution in [0.15, 0.2) is 0 Å². The van der Waals surface area contributed by atoms with Gasteiger partial charge in [-0.05, 0) is 0 Å². The van der Waals surface area contributed by atoms with E-state index in [0.717, 1.165) is 19.5 Å². The van der Waals surface area contributed by atoms with Crippen LogP contribution in [0, 0.1) is 5.92 Å². The lowest BCUT2D eigenvalue weighted by molar-refractivity contribution is -0.927. The first-order chi connectivity index (χ1) is 7.48. The summed E-state index contributed by atoms with van der Waals surface area (Å²) in [6, 6.07) is 0.188. The van der Waals surface area contributed by atoms with Crippen molar-refractivity contribution in [2.24, 2.45) is 5.92 Å². The summed E-state index contributed by atoms with van der Waals surface area (Å²) >= 11 is 0. The first-order valence-corrected chi connectivity index (χ1v) is 7.56. The predicted octanol–water partition coefficient (Wildman–Crippen LogP) is -2.78. The van der Waals surface area contributed by atoms with Gasteiger partial charge in [-0.1, -0.05) is 0 Å². The Bertz CT molecular complexity index is 370. The summed E-state index contributed by atoms with van der Waals surface area (Å²) in [5.41, 5.74) is 0. The van der Waals surface area contributed by atoms with E-state index in [0.29, 0.717) is 18.6 Å². The van der Waals surface area contributed by atoms with Crippen LogP contribution in [-0.4, -0.2) is 45.0 Å². The molecule has 1 atom stereocenters. The molecule has 2 fully saturated rings. The fourth-order valence-corrected chi connectivity index (χ4v) is 4.58. The third kappa shape index (κ3) is 2.55. The van der Waals surface area contributed by atoms with Crippen LogP contribution in [0.5, 0.6) is 0 Å².